The fraction of sp³-hybridized carbons (Fsp3) is 0.108. The average Bonchev–Trinajstić information content (AvgIpc) is 3.68. The molecule has 4 aromatic carbocycles. The van der Waals surface area contributed by atoms with Crippen molar-refractivity contribution in [3.63, 3.8) is 0 Å². The quantitative estimate of drug-likeness (QED) is 0.162. The van der Waals surface area contributed by atoms with E-state index >= 15 is 0 Å². The lowest BCUT2D eigenvalue weighted by molar-refractivity contribution is -0.138. The summed E-state index contributed by atoms with van der Waals surface area (Å²) in [5.74, 6) is 0.895. The number of hydrogen-bond donors (Lipinski definition) is 0. The van der Waals surface area contributed by atoms with Crippen LogP contribution in [0.25, 0.3) is 33.9 Å². The summed E-state index contributed by atoms with van der Waals surface area (Å²) in [4.78, 5) is 33.8. The number of carbonyl (C=O) groups is 1. The zero-order chi connectivity index (χ0) is 32.7. The number of fused-ring (bicyclic) bond motifs is 2. The molecule has 3 heterocycles. The highest BCUT2D eigenvalue weighted by atomic mass is 35.5. The van der Waals surface area contributed by atoms with Gasteiger partial charge in [-0.15, -0.1) is 0 Å². The molecule has 0 unspecified atom stereocenters. The Bertz CT molecular complexity index is 2390. The number of nitrogens with zero attached hydrogens (tertiary/aromatic N) is 2. The van der Waals surface area contributed by atoms with Crippen molar-refractivity contribution in [3.05, 3.63) is 149 Å². The minimum absolute atomic E-state index is 0.145. The SMILES string of the molecule is CCOC(=O)C1=C(c2ccccc2)N=c2sc(=Cc3ccc(-c4cccc(Cl)c4Cl)o3)c(=O)n2[C@@H]1c1c(OC)ccc2ccccc12. The first-order valence-electron chi connectivity index (χ1n) is 14.8. The number of benzene rings is 4. The Morgan fingerprint density at radius 3 is 2.55 bits per heavy atom. The molecule has 0 aliphatic carbocycles. The number of esters is 1. The Balaban J connectivity index is 1.51. The molecule has 0 amide bonds. The standard InChI is InChI=1S/C37H26Cl2N2O5S/c1-3-45-36(43)31-33(22-11-5-4-6-12-22)40-37-41(34(31)30-24-13-8-7-10-21(24)16-18-28(30)44-2)35(42)29(47-37)20-23-17-19-27(46-23)25-14-9-15-26(38)32(25)39/h4-20,34H,3H2,1-2H3/t34-/m1/s1. The third kappa shape index (κ3) is 5.48. The van der Waals surface area contributed by atoms with Gasteiger partial charge in [-0.3, -0.25) is 9.36 Å². The molecule has 0 fully saturated rings. The molecular formula is C37H26Cl2N2O5S. The van der Waals surface area contributed by atoms with Crippen LogP contribution >= 0.6 is 34.5 Å². The van der Waals surface area contributed by atoms with E-state index < -0.39 is 12.0 Å². The molecule has 0 spiro atoms. The summed E-state index contributed by atoms with van der Waals surface area (Å²) >= 11 is 13.9. The van der Waals surface area contributed by atoms with Crippen molar-refractivity contribution < 1.29 is 18.7 Å². The highest BCUT2D eigenvalue weighted by molar-refractivity contribution is 7.07. The van der Waals surface area contributed by atoms with Gasteiger partial charge in [-0.05, 0) is 48.0 Å². The fourth-order valence-corrected chi connectivity index (χ4v) is 7.22. The van der Waals surface area contributed by atoms with Gasteiger partial charge in [0.2, 0.25) is 0 Å². The number of rotatable bonds is 7. The smallest absolute Gasteiger partial charge is 0.338 e. The van der Waals surface area contributed by atoms with Crippen LogP contribution in [0.4, 0.5) is 0 Å². The Hall–Kier alpha value is -4.89. The fourth-order valence-electron chi connectivity index (χ4n) is 5.85. The lowest BCUT2D eigenvalue weighted by atomic mass is 9.89. The van der Waals surface area contributed by atoms with E-state index in [0.717, 1.165) is 10.8 Å². The van der Waals surface area contributed by atoms with E-state index in [1.165, 1.54) is 11.3 Å². The molecule has 234 valence electrons. The average molecular weight is 682 g/mol. The Morgan fingerprint density at radius 2 is 1.77 bits per heavy atom. The highest BCUT2D eigenvalue weighted by Crippen LogP contribution is 2.42. The van der Waals surface area contributed by atoms with Crippen molar-refractivity contribution in [1.82, 2.24) is 4.57 Å². The molecule has 0 saturated heterocycles. The summed E-state index contributed by atoms with van der Waals surface area (Å²) in [6, 6.07) is 28.9. The first kappa shape index (κ1) is 30.7. The summed E-state index contributed by atoms with van der Waals surface area (Å²) in [5.41, 5.74) is 2.32. The Morgan fingerprint density at radius 1 is 0.979 bits per heavy atom. The van der Waals surface area contributed by atoms with Crippen LogP contribution < -0.4 is 19.6 Å². The lowest BCUT2D eigenvalue weighted by Crippen LogP contribution is -2.40. The van der Waals surface area contributed by atoms with Gasteiger partial charge in [-0.25, -0.2) is 9.79 Å². The molecule has 0 bridgehead atoms. The second-order valence-electron chi connectivity index (χ2n) is 10.6. The molecule has 1 atom stereocenters. The van der Waals surface area contributed by atoms with Crippen LogP contribution in [-0.2, 0) is 9.53 Å². The van der Waals surface area contributed by atoms with Crippen LogP contribution in [0.1, 0.15) is 29.9 Å². The first-order chi connectivity index (χ1) is 22.9. The number of methoxy groups -OCH3 is 1. The van der Waals surface area contributed by atoms with Crippen LogP contribution in [0.15, 0.2) is 117 Å². The van der Waals surface area contributed by atoms with Crippen molar-refractivity contribution in [3.8, 4) is 17.1 Å². The summed E-state index contributed by atoms with van der Waals surface area (Å²) in [7, 11) is 1.57. The molecule has 10 heteroatoms. The van der Waals surface area contributed by atoms with E-state index in [4.69, 9.17) is 42.1 Å². The highest BCUT2D eigenvalue weighted by Gasteiger charge is 2.37. The molecule has 2 aromatic heterocycles. The van der Waals surface area contributed by atoms with Gasteiger partial charge in [0.15, 0.2) is 4.80 Å². The lowest BCUT2D eigenvalue weighted by Gasteiger charge is -2.28. The van der Waals surface area contributed by atoms with E-state index in [1.807, 2.05) is 72.8 Å². The minimum atomic E-state index is -0.916. The van der Waals surface area contributed by atoms with Crippen molar-refractivity contribution in [1.29, 1.82) is 0 Å². The van der Waals surface area contributed by atoms with E-state index in [9.17, 15) is 9.59 Å². The van der Waals surface area contributed by atoms with Gasteiger partial charge in [0.1, 0.15) is 23.3 Å². The molecule has 1 aliphatic heterocycles. The summed E-state index contributed by atoms with van der Waals surface area (Å²) < 4.78 is 19.6. The largest absolute Gasteiger partial charge is 0.496 e. The zero-order valence-corrected chi connectivity index (χ0v) is 27.5. The third-order valence-corrected chi connectivity index (χ3v) is 9.72. The maximum Gasteiger partial charge on any atom is 0.338 e. The minimum Gasteiger partial charge on any atom is -0.496 e. The van der Waals surface area contributed by atoms with Gasteiger partial charge in [0.05, 0.1) is 39.6 Å². The Kier molecular flexibility index (Phi) is 8.32. The topological polar surface area (TPSA) is 83.0 Å². The maximum atomic E-state index is 14.5. The molecule has 1 aliphatic rings. The monoisotopic (exact) mass is 680 g/mol. The van der Waals surface area contributed by atoms with Crippen LogP contribution in [-0.4, -0.2) is 24.3 Å². The second-order valence-corrected chi connectivity index (χ2v) is 12.4. The van der Waals surface area contributed by atoms with Crippen molar-refractivity contribution >= 4 is 63.1 Å². The van der Waals surface area contributed by atoms with E-state index in [-0.39, 0.29) is 17.7 Å². The molecule has 0 N–H and O–H groups in total. The maximum absolute atomic E-state index is 14.5. The first-order valence-corrected chi connectivity index (χ1v) is 16.3. The molecule has 0 radical (unpaired) electrons. The molecule has 6 aromatic rings. The van der Waals surface area contributed by atoms with E-state index in [2.05, 4.69) is 0 Å². The van der Waals surface area contributed by atoms with Crippen molar-refractivity contribution in [2.75, 3.05) is 13.7 Å². The van der Waals surface area contributed by atoms with Gasteiger partial charge in [0, 0.05) is 22.8 Å². The van der Waals surface area contributed by atoms with Crippen LogP contribution in [0, 0.1) is 0 Å². The zero-order valence-electron chi connectivity index (χ0n) is 25.2. The van der Waals surface area contributed by atoms with Gasteiger partial charge in [-0.2, -0.15) is 0 Å². The number of thiazole rings is 1. The number of furan rings is 1. The van der Waals surface area contributed by atoms with Crippen molar-refractivity contribution in [2.24, 2.45) is 4.99 Å². The summed E-state index contributed by atoms with van der Waals surface area (Å²) in [5, 5.41) is 2.54. The van der Waals surface area contributed by atoms with Gasteiger partial charge in [0.25, 0.3) is 5.56 Å². The van der Waals surface area contributed by atoms with Crippen molar-refractivity contribution in [2.45, 2.75) is 13.0 Å². The van der Waals surface area contributed by atoms with E-state index in [0.29, 0.717) is 59.0 Å². The molecule has 7 rings (SSSR count). The van der Waals surface area contributed by atoms with E-state index in [1.54, 1.807) is 48.9 Å². The summed E-state index contributed by atoms with van der Waals surface area (Å²) in [6.45, 7) is 1.89. The predicted molar refractivity (Wildman–Crippen MR) is 186 cm³/mol. The normalized spacial score (nSPS) is 14.6. The van der Waals surface area contributed by atoms with Crippen LogP contribution in [0.2, 0.25) is 10.0 Å². The van der Waals surface area contributed by atoms with Crippen LogP contribution in [0.5, 0.6) is 5.75 Å². The molecular weight excluding hydrogens is 655 g/mol. The van der Waals surface area contributed by atoms with Crippen LogP contribution in [0.3, 0.4) is 0 Å². The molecule has 0 saturated carbocycles. The van der Waals surface area contributed by atoms with Gasteiger partial charge >= 0.3 is 5.97 Å². The van der Waals surface area contributed by atoms with Gasteiger partial charge < -0.3 is 13.9 Å². The number of ether oxygens (including phenoxy) is 2. The molecule has 47 heavy (non-hydrogen) atoms. The van der Waals surface area contributed by atoms with Gasteiger partial charge in [-0.1, -0.05) is 101 Å². The third-order valence-electron chi connectivity index (χ3n) is 7.91. The summed E-state index contributed by atoms with van der Waals surface area (Å²) in [6.07, 6.45) is 1.67. The second kappa shape index (κ2) is 12.7. The number of aromatic nitrogens is 1. The molecule has 7 nitrogen and oxygen atoms in total. The predicted octanol–water partition coefficient (Wildman–Crippen LogP) is 7.66. The number of halogens is 2. The Labute approximate surface area is 283 Å². The number of carbonyl (C=O) groups excluding carboxylic acids is 1. The number of hydrogen-bond acceptors (Lipinski definition) is 7.